The molecule has 0 bridgehead atoms. The van der Waals surface area contributed by atoms with E-state index in [0.717, 1.165) is 5.57 Å². The van der Waals surface area contributed by atoms with Crippen molar-refractivity contribution >= 4 is 11.9 Å². The van der Waals surface area contributed by atoms with E-state index in [1.165, 1.54) is 0 Å². The Morgan fingerprint density at radius 2 is 1.21 bits per heavy atom. The predicted octanol–water partition coefficient (Wildman–Crippen LogP) is -3.36. The molecule has 0 radical (unpaired) electrons. The highest BCUT2D eigenvalue weighted by molar-refractivity contribution is 5.79. The molecule has 10 unspecified atom stereocenters. The highest BCUT2D eigenvalue weighted by Crippen LogP contribution is 2.76. The van der Waals surface area contributed by atoms with E-state index in [9.17, 15) is 81.4 Å². The molecule has 4 heterocycles. The highest BCUT2D eigenvalue weighted by Gasteiger charge is 2.72. The third-order valence-electron chi connectivity index (χ3n) is 21.4. The van der Waals surface area contributed by atoms with E-state index in [4.69, 9.17) is 37.9 Å². The molecule has 0 spiro atoms. The van der Waals surface area contributed by atoms with Gasteiger partial charge in [-0.05, 0) is 111 Å². The van der Waals surface area contributed by atoms with Crippen LogP contribution in [0.5, 0.6) is 0 Å². The molecule has 446 valence electrons. The topological polar surface area (TPSA) is 411 Å². The van der Waals surface area contributed by atoms with Crippen LogP contribution in [0.2, 0.25) is 0 Å². The average molecular weight is 1120 g/mol. The van der Waals surface area contributed by atoms with Gasteiger partial charge in [-0.25, -0.2) is 0 Å². The van der Waals surface area contributed by atoms with Gasteiger partial charge in [0.2, 0.25) is 6.29 Å². The Morgan fingerprint density at radius 1 is 0.615 bits per heavy atom. The summed E-state index contributed by atoms with van der Waals surface area (Å²) in [5.74, 6) is -2.92. The number of ether oxygens (including phenoxy) is 8. The van der Waals surface area contributed by atoms with Crippen molar-refractivity contribution in [2.24, 2.45) is 50.2 Å². The number of carboxylic acid groups (broad SMARTS) is 1. The number of aliphatic hydroxyl groups excluding tert-OH is 14. The number of rotatable bonds is 13. The smallest absolute Gasteiger partial charge is 0.315 e. The van der Waals surface area contributed by atoms with Gasteiger partial charge in [0.25, 0.3) is 0 Å². The van der Waals surface area contributed by atoms with Gasteiger partial charge in [-0.15, -0.1) is 0 Å². The fourth-order valence-electron chi connectivity index (χ4n) is 16.1. The molecular weight excluding hydrogens is 1040 g/mol. The normalized spacial score (nSPS) is 54.3. The third-order valence-corrected chi connectivity index (χ3v) is 21.4. The van der Waals surface area contributed by atoms with Crippen molar-refractivity contribution in [2.45, 2.75) is 222 Å². The van der Waals surface area contributed by atoms with Crippen LogP contribution in [0.1, 0.15) is 98.8 Å². The summed E-state index contributed by atoms with van der Waals surface area (Å²) in [5, 5.41) is 160. The van der Waals surface area contributed by atoms with Gasteiger partial charge in [0.1, 0.15) is 91.6 Å². The number of carbonyl (C=O) groups excluding carboxylic acids is 1. The lowest BCUT2D eigenvalue weighted by Crippen LogP contribution is -2.68. The van der Waals surface area contributed by atoms with Gasteiger partial charge in [0.05, 0.1) is 43.4 Å². The lowest BCUT2D eigenvalue weighted by Gasteiger charge is -2.71. The molecule has 8 fully saturated rings. The number of allylic oxidation sites excluding steroid dienone is 2. The first-order chi connectivity index (χ1) is 36.6. The van der Waals surface area contributed by atoms with Gasteiger partial charge >= 0.3 is 11.9 Å². The summed E-state index contributed by atoms with van der Waals surface area (Å²) in [7, 11) is 0. The summed E-state index contributed by atoms with van der Waals surface area (Å²) in [6, 6.07) is 0. The quantitative estimate of drug-likeness (QED) is 0.0486. The minimum Gasteiger partial charge on any atom is -0.481 e. The molecule has 4 saturated carbocycles. The minimum atomic E-state index is -2.03. The molecular formula is C53H84O25. The van der Waals surface area contributed by atoms with Crippen molar-refractivity contribution in [3.05, 3.63) is 11.6 Å². The molecule has 0 aromatic heterocycles. The number of fused-ring (bicyclic) bond motifs is 7. The Labute approximate surface area is 451 Å². The van der Waals surface area contributed by atoms with Crippen LogP contribution in [0.25, 0.3) is 0 Å². The van der Waals surface area contributed by atoms with Gasteiger partial charge in [0.15, 0.2) is 18.9 Å². The summed E-state index contributed by atoms with van der Waals surface area (Å²) in [6.07, 6.45) is -27.2. The number of esters is 1. The van der Waals surface area contributed by atoms with Crippen molar-refractivity contribution in [3.8, 4) is 0 Å². The first kappa shape index (κ1) is 60.4. The zero-order chi connectivity index (χ0) is 57.0. The van der Waals surface area contributed by atoms with E-state index in [1.54, 1.807) is 6.92 Å². The second-order valence-electron chi connectivity index (χ2n) is 25.4. The Hall–Kier alpha value is -2.16. The maximum atomic E-state index is 15.4. The van der Waals surface area contributed by atoms with E-state index >= 15 is 4.79 Å². The SMILES string of the molecule is CC1(CO)CCC2(C(=O)O[C@@H]3O[C@H](CO[C@@H]4OC[C@@H](O)[C@H](O)[C@H]4O)[C@@H](O)[C@H](O[C@@H]4O[C@H](CO)[C@@H](O)[C@H](O)[C@H]4O)[C@H]3O)CCC3(C)C(=CCC4C5(C)CCC(O[C@@H]6O[C@H](CO)[C@@H](O)[C@H](O)[C@H]6O)C(C)(C(=O)O)C5CCC43C)C2C1. The van der Waals surface area contributed by atoms with Crippen LogP contribution in [-0.4, -0.2) is 244 Å². The first-order valence-corrected chi connectivity index (χ1v) is 27.6. The molecule has 78 heavy (non-hydrogen) atoms. The molecule has 15 N–H and O–H groups in total. The molecule has 4 aliphatic heterocycles. The van der Waals surface area contributed by atoms with Crippen LogP contribution in [0.3, 0.4) is 0 Å². The summed E-state index contributed by atoms with van der Waals surface area (Å²) in [5.41, 5.74) is -4.05. The van der Waals surface area contributed by atoms with Crippen molar-refractivity contribution < 1.29 is 124 Å². The van der Waals surface area contributed by atoms with E-state index < -0.39 is 206 Å². The highest BCUT2D eigenvalue weighted by atomic mass is 16.8. The van der Waals surface area contributed by atoms with Gasteiger partial charge in [-0.1, -0.05) is 39.3 Å². The van der Waals surface area contributed by atoms with Crippen molar-refractivity contribution in [1.82, 2.24) is 0 Å². The number of hydrogen-bond acceptors (Lipinski definition) is 24. The molecule has 9 aliphatic rings. The van der Waals surface area contributed by atoms with E-state index in [1.807, 2.05) is 6.92 Å². The first-order valence-electron chi connectivity index (χ1n) is 27.6. The van der Waals surface area contributed by atoms with Gasteiger partial charge < -0.3 is 114 Å². The third kappa shape index (κ3) is 9.62. The number of carbonyl (C=O) groups is 2. The van der Waals surface area contributed by atoms with Crippen LogP contribution in [0.4, 0.5) is 0 Å². The monoisotopic (exact) mass is 1120 g/mol. The van der Waals surface area contributed by atoms with Crippen molar-refractivity contribution in [2.75, 3.05) is 33.0 Å². The maximum Gasteiger partial charge on any atom is 0.315 e. The molecule has 5 aliphatic carbocycles. The van der Waals surface area contributed by atoms with Crippen molar-refractivity contribution in [1.29, 1.82) is 0 Å². The molecule has 29 atom stereocenters. The van der Waals surface area contributed by atoms with Gasteiger partial charge in [-0.3, -0.25) is 9.59 Å². The van der Waals surface area contributed by atoms with E-state index in [0.29, 0.717) is 44.9 Å². The fraction of sp³-hybridized carbons (Fsp3) is 0.925. The van der Waals surface area contributed by atoms with Crippen molar-refractivity contribution in [3.63, 3.8) is 0 Å². The molecule has 9 rings (SSSR count). The zero-order valence-electron chi connectivity index (χ0n) is 44.8. The van der Waals surface area contributed by atoms with Crippen LogP contribution < -0.4 is 0 Å². The summed E-state index contributed by atoms with van der Waals surface area (Å²) in [4.78, 5) is 29.1. The minimum absolute atomic E-state index is 0.0814. The lowest BCUT2D eigenvalue weighted by atomic mass is 9.33. The van der Waals surface area contributed by atoms with Gasteiger partial charge in [-0.2, -0.15) is 0 Å². The molecule has 25 heteroatoms. The average Bonchev–Trinajstić information content (AvgIpc) is 2.21. The number of carboxylic acids is 1. The van der Waals surface area contributed by atoms with Crippen LogP contribution in [-0.2, 0) is 47.5 Å². The number of aliphatic carboxylic acids is 1. The van der Waals surface area contributed by atoms with E-state index in [-0.39, 0.29) is 31.8 Å². The molecule has 0 amide bonds. The molecule has 4 saturated heterocycles. The summed E-state index contributed by atoms with van der Waals surface area (Å²) >= 11 is 0. The van der Waals surface area contributed by atoms with E-state index in [2.05, 4.69) is 26.8 Å². The Morgan fingerprint density at radius 3 is 1.81 bits per heavy atom. The molecule has 25 nitrogen and oxygen atoms in total. The molecule has 0 aromatic carbocycles. The number of hydrogen-bond donors (Lipinski definition) is 15. The van der Waals surface area contributed by atoms with Crippen LogP contribution >= 0.6 is 0 Å². The maximum absolute atomic E-state index is 15.4. The second kappa shape index (κ2) is 22.1. The largest absolute Gasteiger partial charge is 0.481 e. The Kier molecular flexibility index (Phi) is 17.1. The van der Waals surface area contributed by atoms with Gasteiger partial charge in [0, 0.05) is 6.61 Å². The zero-order valence-corrected chi connectivity index (χ0v) is 44.8. The predicted molar refractivity (Wildman–Crippen MR) is 260 cm³/mol. The fourth-order valence-corrected chi connectivity index (χ4v) is 16.1. The molecule has 0 aromatic rings. The lowest BCUT2D eigenvalue weighted by molar-refractivity contribution is -0.361. The summed E-state index contributed by atoms with van der Waals surface area (Å²) < 4.78 is 46.9. The Balaban J connectivity index is 0.998. The van der Waals surface area contributed by atoms with Crippen LogP contribution in [0, 0.1) is 50.2 Å². The van der Waals surface area contributed by atoms with Crippen LogP contribution in [0.15, 0.2) is 11.6 Å². The Bertz CT molecular complexity index is 2190. The number of aliphatic hydroxyl groups is 14. The second-order valence-corrected chi connectivity index (χ2v) is 25.4. The summed E-state index contributed by atoms with van der Waals surface area (Å²) in [6.45, 7) is 7.42. The standard InChI is InChI=1S/C53H84O25/c1-48(21-56)12-14-53(47(70)78-45-40(67)41(77-44-39(66)36(63)33(60)26(18-55)74-44)34(61)27(75-45)20-72-42-37(64)31(58)24(57)19-71-42)15-13-50(3)22(23(53)16-48)6-7-28-49(2)10-9-30(52(5,46(68)69)29(49)8-11-51(28,50)4)76-43-38(65)35(62)32(59)25(17-54)73-43/h6,23-45,54-67H,7-21H2,1-5H3,(H,68,69)/t23?,24-,25-,26-,27-,28?,29?,30?,31+,32-,33-,34-,35+,36+,37-,38-,39-,40-,41+,42+,43+,44+,45+,48?,49?,50?,51?,52?,53?/m1/s1.